The highest BCUT2D eigenvalue weighted by Gasteiger charge is 2.23. The molecular weight excluding hydrogens is 544 g/mol. The Morgan fingerprint density at radius 3 is 2.69 bits per heavy atom. The normalized spacial score (nSPS) is 12.5. The standard InChI is InChI=1S/C26H21BrN4O4S/c1-15-6-2-3-7-18(15)26(34)35-21-11-10-17(27)12-16(21)14-29-31-24(33)23(32)30-25-20(13-28)19-8-4-5-9-22(19)36-25/h2-3,6-7,10-12,14H,4-5,8-9H2,1H3,(H,30,32)(H,31,33)/b29-14-. The first kappa shape index (κ1) is 25.3. The molecule has 0 spiro atoms. The number of esters is 1. The number of rotatable bonds is 5. The Kier molecular flexibility index (Phi) is 7.93. The number of hydrazone groups is 1. The number of thiophene rings is 1. The summed E-state index contributed by atoms with van der Waals surface area (Å²) in [6, 6.07) is 14.2. The molecule has 1 heterocycles. The molecule has 1 aliphatic carbocycles. The molecule has 2 N–H and O–H groups in total. The molecular formula is C26H21BrN4O4S. The third-order valence-electron chi connectivity index (χ3n) is 5.63. The lowest BCUT2D eigenvalue weighted by molar-refractivity contribution is -0.136. The number of carbonyl (C=O) groups is 3. The van der Waals surface area contributed by atoms with Gasteiger partial charge in [0.2, 0.25) is 0 Å². The molecule has 10 heteroatoms. The predicted octanol–water partition coefficient (Wildman–Crippen LogP) is 4.88. The number of amides is 2. The van der Waals surface area contributed by atoms with Crippen molar-refractivity contribution in [2.24, 2.45) is 5.10 Å². The van der Waals surface area contributed by atoms with Crippen molar-refractivity contribution >= 4 is 56.3 Å². The second kappa shape index (κ2) is 11.3. The highest BCUT2D eigenvalue weighted by Crippen LogP contribution is 2.37. The minimum absolute atomic E-state index is 0.233. The molecule has 182 valence electrons. The summed E-state index contributed by atoms with van der Waals surface area (Å²) in [5.74, 6) is -2.21. The summed E-state index contributed by atoms with van der Waals surface area (Å²) in [4.78, 5) is 38.4. The topological polar surface area (TPSA) is 121 Å². The maximum absolute atomic E-state index is 12.6. The molecule has 1 aliphatic rings. The highest BCUT2D eigenvalue weighted by molar-refractivity contribution is 9.10. The lowest BCUT2D eigenvalue weighted by Gasteiger charge is -2.09. The molecule has 3 aromatic rings. The van der Waals surface area contributed by atoms with Crippen LogP contribution in [0.3, 0.4) is 0 Å². The van der Waals surface area contributed by atoms with Gasteiger partial charge < -0.3 is 10.1 Å². The number of nitrogens with zero attached hydrogens (tertiary/aromatic N) is 2. The molecule has 8 nitrogen and oxygen atoms in total. The van der Waals surface area contributed by atoms with Crippen LogP contribution in [0.4, 0.5) is 5.00 Å². The number of aryl methyl sites for hydroxylation is 2. The highest BCUT2D eigenvalue weighted by atomic mass is 79.9. The fraction of sp³-hybridized carbons (Fsp3) is 0.192. The zero-order valence-electron chi connectivity index (χ0n) is 19.3. The minimum atomic E-state index is -0.991. The number of hydrogen-bond acceptors (Lipinski definition) is 7. The van der Waals surface area contributed by atoms with E-state index < -0.39 is 17.8 Å². The van der Waals surface area contributed by atoms with E-state index in [1.807, 2.05) is 19.1 Å². The monoisotopic (exact) mass is 564 g/mol. The Morgan fingerprint density at radius 1 is 1.14 bits per heavy atom. The number of fused-ring (bicyclic) bond motifs is 1. The van der Waals surface area contributed by atoms with Crippen molar-refractivity contribution in [2.75, 3.05) is 5.32 Å². The molecule has 0 atom stereocenters. The second-order valence-electron chi connectivity index (χ2n) is 8.07. The Hall–Kier alpha value is -3.81. The van der Waals surface area contributed by atoms with Crippen LogP contribution in [-0.4, -0.2) is 24.0 Å². The van der Waals surface area contributed by atoms with Gasteiger partial charge in [0.25, 0.3) is 0 Å². The van der Waals surface area contributed by atoms with Crippen molar-refractivity contribution in [3.05, 3.63) is 79.6 Å². The van der Waals surface area contributed by atoms with Crippen molar-refractivity contribution in [1.82, 2.24) is 5.43 Å². The van der Waals surface area contributed by atoms with E-state index in [4.69, 9.17) is 4.74 Å². The predicted molar refractivity (Wildman–Crippen MR) is 140 cm³/mol. The first-order chi connectivity index (χ1) is 17.4. The lowest BCUT2D eigenvalue weighted by Crippen LogP contribution is -2.32. The third kappa shape index (κ3) is 5.70. The van der Waals surface area contributed by atoms with Gasteiger partial charge in [-0.25, -0.2) is 10.2 Å². The van der Waals surface area contributed by atoms with E-state index in [1.54, 1.807) is 30.3 Å². The molecule has 1 aromatic heterocycles. The number of nitriles is 1. The van der Waals surface area contributed by atoms with Gasteiger partial charge in [0.1, 0.15) is 16.8 Å². The molecule has 2 amide bonds. The summed E-state index contributed by atoms with van der Waals surface area (Å²) in [5, 5.41) is 16.3. The van der Waals surface area contributed by atoms with E-state index in [0.29, 0.717) is 26.2 Å². The van der Waals surface area contributed by atoms with Gasteiger partial charge in [-0.3, -0.25) is 9.59 Å². The van der Waals surface area contributed by atoms with Crippen LogP contribution in [0.15, 0.2) is 52.0 Å². The fourth-order valence-corrected chi connectivity index (χ4v) is 5.43. The zero-order valence-corrected chi connectivity index (χ0v) is 21.7. The average molecular weight is 565 g/mol. The molecule has 0 radical (unpaired) electrons. The number of anilines is 1. The minimum Gasteiger partial charge on any atom is -0.422 e. The Labute approximate surface area is 220 Å². The smallest absolute Gasteiger partial charge is 0.343 e. The summed E-state index contributed by atoms with van der Waals surface area (Å²) >= 11 is 4.69. The second-order valence-corrected chi connectivity index (χ2v) is 10.1. The Morgan fingerprint density at radius 2 is 1.92 bits per heavy atom. The third-order valence-corrected chi connectivity index (χ3v) is 7.33. The van der Waals surface area contributed by atoms with Gasteiger partial charge in [-0.1, -0.05) is 34.1 Å². The van der Waals surface area contributed by atoms with Gasteiger partial charge in [-0.2, -0.15) is 10.4 Å². The quantitative estimate of drug-likeness (QED) is 0.150. The maximum atomic E-state index is 12.6. The molecule has 0 unspecified atom stereocenters. The van der Waals surface area contributed by atoms with Crippen LogP contribution in [0, 0.1) is 18.3 Å². The van der Waals surface area contributed by atoms with E-state index in [0.717, 1.165) is 41.7 Å². The zero-order chi connectivity index (χ0) is 25.7. The number of ether oxygens (including phenoxy) is 1. The van der Waals surface area contributed by atoms with Crippen LogP contribution in [0.1, 0.15) is 50.3 Å². The van der Waals surface area contributed by atoms with Gasteiger partial charge >= 0.3 is 17.8 Å². The van der Waals surface area contributed by atoms with E-state index in [2.05, 4.69) is 37.8 Å². The van der Waals surface area contributed by atoms with E-state index in [1.165, 1.54) is 17.6 Å². The first-order valence-corrected chi connectivity index (χ1v) is 12.7. The summed E-state index contributed by atoms with van der Waals surface area (Å²) in [5.41, 5.74) is 5.18. The lowest BCUT2D eigenvalue weighted by atomic mass is 9.96. The van der Waals surface area contributed by atoms with Crippen molar-refractivity contribution in [2.45, 2.75) is 32.6 Å². The molecule has 4 rings (SSSR count). The SMILES string of the molecule is Cc1ccccc1C(=O)Oc1ccc(Br)cc1/C=N\NC(=O)C(=O)Nc1sc2c(c1C#N)CCCC2. The molecule has 36 heavy (non-hydrogen) atoms. The van der Waals surface area contributed by atoms with Gasteiger partial charge in [-0.15, -0.1) is 11.3 Å². The average Bonchev–Trinajstić information content (AvgIpc) is 3.22. The molecule has 0 fully saturated rings. The van der Waals surface area contributed by atoms with E-state index in [-0.39, 0.29) is 5.75 Å². The molecule has 0 saturated heterocycles. The maximum Gasteiger partial charge on any atom is 0.343 e. The molecule has 2 aromatic carbocycles. The van der Waals surface area contributed by atoms with Crippen LogP contribution in [-0.2, 0) is 22.4 Å². The largest absolute Gasteiger partial charge is 0.422 e. The first-order valence-electron chi connectivity index (χ1n) is 11.1. The van der Waals surface area contributed by atoms with Crippen molar-refractivity contribution in [3.63, 3.8) is 0 Å². The number of carbonyl (C=O) groups excluding carboxylic acids is 3. The Balaban J connectivity index is 1.43. The van der Waals surface area contributed by atoms with Crippen LogP contribution < -0.4 is 15.5 Å². The number of halogens is 1. The van der Waals surface area contributed by atoms with Crippen molar-refractivity contribution < 1.29 is 19.1 Å². The number of hydrogen-bond donors (Lipinski definition) is 2. The summed E-state index contributed by atoms with van der Waals surface area (Å²) < 4.78 is 6.25. The molecule has 0 saturated carbocycles. The Bertz CT molecular complexity index is 1420. The van der Waals surface area contributed by atoms with Gasteiger partial charge in [0.15, 0.2) is 0 Å². The van der Waals surface area contributed by atoms with Crippen LogP contribution >= 0.6 is 27.3 Å². The van der Waals surface area contributed by atoms with Crippen LogP contribution in [0.2, 0.25) is 0 Å². The van der Waals surface area contributed by atoms with Crippen molar-refractivity contribution in [1.29, 1.82) is 5.26 Å². The van der Waals surface area contributed by atoms with Gasteiger partial charge in [0, 0.05) is 14.9 Å². The van der Waals surface area contributed by atoms with E-state index >= 15 is 0 Å². The molecule has 0 aliphatic heterocycles. The van der Waals surface area contributed by atoms with E-state index in [9.17, 15) is 19.6 Å². The van der Waals surface area contributed by atoms with Crippen LogP contribution in [0.5, 0.6) is 5.75 Å². The van der Waals surface area contributed by atoms with Crippen molar-refractivity contribution in [3.8, 4) is 11.8 Å². The van der Waals surface area contributed by atoms with Gasteiger partial charge in [0.05, 0.1) is 17.3 Å². The molecule has 0 bridgehead atoms. The van der Waals surface area contributed by atoms with Crippen LogP contribution in [0.25, 0.3) is 0 Å². The summed E-state index contributed by atoms with van der Waals surface area (Å²) in [6.07, 6.45) is 4.98. The summed E-state index contributed by atoms with van der Waals surface area (Å²) in [7, 11) is 0. The number of benzene rings is 2. The summed E-state index contributed by atoms with van der Waals surface area (Å²) in [6.45, 7) is 1.81. The fourth-order valence-electron chi connectivity index (χ4n) is 3.81. The van der Waals surface area contributed by atoms with Gasteiger partial charge in [-0.05, 0) is 68.0 Å². The number of nitrogens with one attached hydrogen (secondary N) is 2.